The number of ether oxygens (including phenoxy) is 2. The van der Waals surface area contributed by atoms with Gasteiger partial charge in [0.25, 0.3) is 0 Å². The normalized spacial score (nSPS) is 18.3. The maximum Gasteiger partial charge on any atom is 0.343 e. The van der Waals surface area contributed by atoms with Crippen LogP contribution in [0.2, 0.25) is 0 Å². The van der Waals surface area contributed by atoms with Gasteiger partial charge in [-0.05, 0) is 56.1 Å². The van der Waals surface area contributed by atoms with E-state index in [0.29, 0.717) is 24.0 Å². The number of carbonyl (C=O) groups is 2. The van der Waals surface area contributed by atoms with Gasteiger partial charge >= 0.3 is 5.97 Å². The number of hydrogen-bond donors (Lipinski definition) is 1. The summed E-state index contributed by atoms with van der Waals surface area (Å²) >= 11 is 0. The van der Waals surface area contributed by atoms with Gasteiger partial charge in [0.15, 0.2) is 6.61 Å². The van der Waals surface area contributed by atoms with Gasteiger partial charge < -0.3 is 24.6 Å². The highest BCUT2D eigenvalue weighted by Gasteiger charge is 2.24. The van der Waals surface area contributed by atoms with E-state index in [4.69, 9.17) is 4.74 Å². The summed E-state index contributed by atoms with van der Waals surface area (Å²) in [5.41, 5.74) is 1.10. The number of benzene rings is 1. The summed E-state index contributed by atoms with van der Waals surface area (Å²) in [6.07, 6.45) is 2.90. The zero-order chi connectivity index (χ0) is 19.1. The molecule has 0 unspecified atom stereocenters. The first-order chi connectivity index (χ1) is 13.2. The fourth-order valence-electron chi connectivity index (χ4n) is 3.63. The third-order valence-electron chi connectivity index (χ3n) is 5.34. The van der Waals surface area contributed by atoms with E-state index < -0.39 is 5.97 Å². The Morgan fingerprint density at radius 3 is 2.37 bits per heavy atom. The van der Waals surface area contributed by atoms with E-state index >= 15 is 0 Å². The van der Waals surface area contributed by atoms with Crippen molar-refractivity contribution in [1.82, 2.24) is 10.2 Å². The molecule has 27 heavy (non-hydrogen) atoms. The van der Waals surface area contributed by atoms with Gasteiger partial charge in [-0.3, -0.25) is 4.79 Å². The number of rotatable bonds is 6. The Balaban J connectivity index is 1.44. The number of hydrogen-bond acceptors (Lipinski definition) is 6. The van der Waals surface area contributed by atoms with Crippen LogP contribution in [0.3, 0.4) is 0 Å². The van der Waals surface area contributed by atoms with Crippen molar-refractivity contribution in [3.63, 3.8) is 0 Å². The summed E-state index contributed by atoms with van der Waals surface area (Å²) in [5.74, 6) is 1.08. The van der Waals surface area contributed by atoms with Crippen LogP contribution in [-0.2, 0) is 14.3 Å². The number of esters is 1. The standard InChI is InChI=1S/C20H29N3O4/c1-26-20(25)15-27-18-4-2-17(3-5-18)22-10-12-23(13-11-22)19(24)14-16-6-8-21-9-7-16/h2-5,16,21H,6-15H2,1H3. The Hall–Kier alpha value is -2.28. The molecule has 7 heteroatoms. The van der Waals surface area contributed by atoms with Crippen LogP contribution in [0.5, 0.6) is 5.75 Å². The SMILES string of the molecule is COC(=O)COc1ccc(N2CCN(C(=O)CC3CCNCC3)CC2)cc1. The number of piperidine rings is 1. The summed E-state index contributed by atoms with van der Waals surface area (Å²) in [7, 11) is 1.34. The number of methoxy groups -OCH3 is 1. The van der Waals surface area contributed by atoms with E-state index in [2.05, 4.69) is 15.0 Å². The molecule has 0 radical (unpaired) electrons. The number of amides is 1. The summed E-state index contributed by atoms with van der Waals surface area (Å²) in [4.78, 5) is 27.9. The largest absolute Gasteiger partial charge is 0.482 e. The molecule has 0 aliphatic carbocycles. The Morgan fingerprint density at radius 1 is 1.07 bits per heavy atom. The molecule has 0 atom stereocenters. The molecule has 1 aromatic rings. The van der Waals surface area contributed by atoms with E-state index in [-0.39, 0.29) is 6.61 Å². The zero-order valence-electron chi connectivity index (χ0n) is 16.0. The molecule has 1 N–H and O–H groups in total. The zero-order valence-corrected chi connectivity index (χ0v) is 16.0. The fraction of sp³-hybridized carbons (Fsp3) is 0.600. The highest BCUT2D eigenvalue weighted by molar-refractivity contribution is 5.76. The summed E-state index contributed by atoms with van der Waals surface area (Å²) < 4.78 is 9.93. The molecule has 7 nitrogen and oxygen atoms in total. The van der Waals surface area contributed by atoms with Crippen molar-refractivity contribution in [1.29, 1.82) is 0 Å². The highest BCUT2D eigenvalue weighted by atomic mass is 16.6. The van der Waals surface area contributed by atoms with Crippen LogP contribution in [0.1, 0.15) is 19.3 Å². The minimum absolute atomic E-state index is 0.0896. The van der Waals surface area contributed by atoms with Crippen molar-refractivity contribution >= 4 is 17.6 Å². The smallest absolute Gasteiger partial charge is 0.343 e. The van der Waals surface area contributed by atoms with Gasteiger partial charge in [0.1, 0.15) is 5.75 Å². The molecule has 2 saturated heterocycles. The second-order valence-electron chi connectivity index (χ2n) is 7.12. The molecule has 2 heterocycles. The molecule has 1 aromatic carbocycles. The first kappa shape index (κ1) is 19.5. The molecule has 2 aliphatic heterocycles. The van der Waals surface area contributed by atoms with E-state index in [1.165, 1.54) is 7.11 Å². The second-order valence-corrected chi connectivity index (χ2v) is 7.12. The van der Waals surface area contributed by atoms with Crippen molar-refractivity contribution in [3.05, 3.63) is 24.3 Å². The lowest BCUT2D eigenvalue weighted by Crippen LogP contribution is -2.49. The van der Waals surface area contributed by atoms with Crippen LogP contribution < -0.4 is 15.0 Å². The van der Waals surface area contributed by atoms with Gasteiger partial charge in [-0.15, -0.1) is 0 Å². The lowest BCUT2D eigenvalue weighted by Gasteiger charge is -2.37. The fourth-order valence-corrected chi connectivity index (χ4v) is 3.63. The molecule has 3 rings (SSSR count). The summed E-state index contributed by atoms with van der Waals surface area (Å²) in [5, 5.41) is 3.35. The van der Waals surface area contributed by atoms with Crippen LogP contribution in [-0.4, -0.2) is 69.8 Å². The number of piperazine rings is 1. The third kappa shape index (κ3) is 5.60. The van der Waals surface area contributed by atoms with Gasteiger partial charge in [-0.1, -0.05) is 0 Å². The van der Waals surface area contributed by atoms with Crippen molar-refractivity contribution in [2.45, 2.75) is 19.3 Å². The van der Waals surface area contributed by atoms with Gasteiger partial charge in [0.05, 0.1) is 7.11 Å². The van der Waals surface area contributed by atoms with Gasteiger partial charge in [-0.25, -0.2) is 4.79 Å². The monoisotopic (exact) mass is 375 g/mol. The van der Waals surface area contributed by atoms with Gasteiger partial charge in [0.2, 0.25) is 5.91 Å². The van der Waals surface area contributed by atoms with Crippen LogP contribution in [0.4, 0.5) is 5.69 Å². The van der Waals surface area contributed by atoms with Gasteiger partial charge in [0, 0.05) is 38.3 Å². The van der Waals surface area contributed by atoms with E-state index in [1.807, 2.05) is 29.2 Å². The molecule has 2 aliphatic rings. The van der Waals surface area contributed by atoms with Crippen LogP contribution >= 0.6 is 0 Å². The molecular weight excluding hydrogens is 346 g/mol. The molecule has 0 aromatic heterocycles. The first-order valence-electron chi connectivity index (χ1n) is 9.69. The Bertz CT molecular complexity index is 621. The lowest BCUT2D eigenvalue weighted by molar-refractivity contribution is -0.143. The van der Waals surface area contributed by atoms with E-state index in [9.17, 15) is 9.59 Å². The molecule has 0 spiro atoms. The van der Waals surface area contributed by atoms with Crippen molar-refractivity contribution < 1.29 is 19.1 Å². The topological polar surface area (TPSA) is 71.1 Å². The van der Waals surface area contributed by atoms with Crippen LogP contribution in [0, 0.1) is 5.92 Å². The maximum atomic E-state index is 12.5. The Kier molecular flexibility index (Phi) is 6.92. The number of carbonyl (C=O) groups excluding carboxylic acids is 2. The van der Waals surface area contributed by atoms with Crippen molar-refractivity contribution in [2.24, 2.45) is 5.92 Å². The number of nitrogens with one attached hydrogen (secondary N) is 1. The molecular formula is C20H29N3O4. The van der Waals surface area contributed by atoms with E-state index in [0.717, 1.165) is 57.8 Å². The Morgan fingerprint density at radius 2 is 1.74 bits per heavy atom. The highest BCUT2D eigenvalue weighted by Crippen LogP contribution is 2.22. The van der Waals surface area contributed by atoms with Crippen molar-refractivity contribution in [2.75, 3.05) is 57.9 Å². The number of nitrogens with zero attached hydrogens (tertiary/aromatic N) is 2. The third-order valence-corrected chi connectivity index (χ3v) is 5.34. The number of anilines is 1. The first-order valence-corrected chi connectivity index (χ1v) is 9.69. The van der Waals surface area contributed by atoms with Crippen molar-refractivity contribution in [3.8, 4) is 5.75 Å². The predicted octanol–water partition coefficient (Wildman–Crippen LogP) is 1.28. The van der Waals surface area contributed by atoms with E-state index in [1.54, 1.807) is 0 Å². The van der Waals surface area contributed by atoms with Crippen LogP contribution in [0.25, 0.3) is 0 Å². The van der Waals surface area contributed by atoms with Gasteiger partial charge in [-0.2, -0.15) is 0 Å². The average Bonchev–Trinajstić information content (AvgIpc) is 2.73. The predicted molar refractivity (Wildman–Crippen MR) is 103 cm³/mol. The summed E-state index contributed by atoms with van der Waals surface area (Å²) in [6, 6.07) is 7.68. The molecule has 148 valence electrons. The average molecular weight is 375 g/mol. The molecule has 2 fully saturated rings. The Labute approximate surface area is 160 Å². The maximum absolute atomic E-state index is 12.5. The lowest BCUT2D eigenvalue weighted by atomic mass is 9.94. The minimum atomic E-state index is -0.399. The summed E-state index contributed by atoms with van der Waals surface area (Å²) in [6.45, 7) is 5.18. The molecule has 0 bridgehead atoms. The molecule has 0 saturated carbocycles. The quantitative estimate of drug-likeness (QED) is 0.756. The molecule has 1 amide bonds. The second kappa shape index (κ2) is 9.60. The minimum Gasteiger partial charge on any atom is -0.482 e. The van der Waals surface area contributed by atoms with Crippen LogP contribution in [0.15, 0.2) is 24.3 Å².